The van der Waals surface area contributed by atoms with Gasteiger partial charge in [0, 0.05) is 19.5 Å². The van der Waals surface area contributed by atoms with E-state index < -0.39 is 0 Å². The largest absolute Gasteiger partial charge is 0.343 e. The Morgan fingerprint density at radius 3 is 1.83 bits per heavy atom. The van der Waals surface area contributed by atoms with Crippen LogP contribution in [-0.2, 0) is 4.79 Å². The Balaban J connectivity index is 1.76. The van der Waals surface area contributed by atoms with Crippen LogP contribution in [0.2, 0.25) is 0 Å². The fourth-order valence-electron chi connectivity index (χ4n) is 3.47. The standard InChI is InChI=1S/C22H41NO/c1-2-3-4-5-6-7-8-9-10-11-12-13-14-15-16-19-22(24)23-20-17-18-21-23/h8-9H,2-7,10-21H2,1H3. The van der Waals surface area contributed by atoms with E-state index in [2.05, 4.69) is 24.0 Å². The minimum absolute atomic E-state index is 0.396. The van der Waals surface area contributed by atoms with Crippen LogP contribution in [0.15, 0.2) is 12.2 Å². The van der Waals surface area contributed by atoms with E-state index in [4.69, 9.17) is 0 Å². The molecule has 0 spiro atoms. The maximum Gasteiger partial charge on any atom is 0.222 e. The lowest BCUT2D eigenvalue weighted by Gasteiger charge is -2.14. The molecule has 24 heavy (non-hydrogen) atoms. The van der Waals surface area contributed by atoms with Crippen molar-refractivity contribution in [3.8, 4) is 0 Å². The monoisotopic (exact) mass is 335 g/mol. The van der Waals surface area contributed by atoms with Crippen molar-refractivity contribution in [1.82, 2.24) is 4.90 Å². The number of hydrogen-bond acceptors (Lipinski definition) is 1. The van der Waals surface area contributed by atoms with Crippen LogP contribution >= 0.6 is 0 Å². The molecule has 0 aromatic heterocycles. The summed E-state index contributed by atoms with van der Waals surface area (Å²) in [5.41, 5.74) is 0. The van der Waals surface area contributed by atoms with Gasteiger partial charge in [-0.05, 0) is 44.9 Å². The maximum atomic E-state index is 11.9. The normalized spacial score (nSPS) is 14.8. The molecule has 0 atom stereocenters. The van der Waals surface area contributed by atoms with Crippen LogP contribution in [0.25, 0.3) is 0 Å². The second-order valence-electron chi connectivity index (χ2n) is 7.42. The molecule has 1 aliphatic heterocycles. The summed E-state index contributed by atoms with van der Waals surface area (Å²) in [4.78, 5) is 13.9. The lowest BCUT2D eigenvalue weighted by Crippen LogP contribution is -2.27. The lowest BCUT2D eigenvalue weighted by molar-refractivity contribution is -0.130. The van der Waals surface area contributed by atoms with Crippen LogP contribution in [0.4, 0.5) is 0 Å². The van der Waals surface area contributed by atoms with E-state index in [0.717, 1.165) is 25.9 Å². The number of carbonyl (C=O) groups is 1. The van der Waals surface area contributed by atoms with Gasteiger partial charge in [-0.2, -0.15) is 0 Å². The molecule has 0 aromatic carbocycles. The molecule has 1 heterocycles. The van der Waals surface area contributed by atoms with E-state index in [0.29, 0.717) is 5.91 Å². The molecule has 1 rings (SSSR count). The Morgan fingerprint density at radius 2 is 1.25 bits per heavy atom. The first-order valence-electron chi connectivity index (χ1n) is 10.8. The molecule has 2 nitrogen and oxygen atoms in total. The van der Waals surface area contributed by atoms with Crippen molar-refractivity contribution < 1.29 is 4.79 Å². The lowest BCUT2D eigenvalue weighted by atomic mass is 10.1. The summed E-state index contributed by atoms with van der Waals surface area (Å²) >= 11 is 0. The fraction of sp³-hybridized carbons (Fsp3) is 0.864. The molecule has 0 bridgehead atoms. The van der Waals surface area contributed by atoms with Gasteiger partial charge in [-0.15, -0.1) is 0 Å². The van der Waals surface area contributed by atoms with Gasteiger partial charge in [0.25, 0.3) is 0 Å². The third kappa shape index (κ3) is 11.7. The van der Waals surface area contributed by atoms with Crippen LogP contribution in [0, 0.1) is 0 Å². The van der Waals surface area contributed by atoms with E-state index in [-0.39, 0.29) is 0 Å². The number of nitrogens with zero attached hydrogens (tertiary/aromatic N) is 1. The molecule has 0 unspecified atom stereocenters. The highest BCUT2D eigenvalue weighted by Gasteiger charge is 2.16. The summed E-state index contributed by atoms with van der Waals surface area (Å²) in [5, 5.41) is 0. The van der Waals surface area contributed by atoms with Crippen molar-refractivity contribution in [1.29, 1.82) is 0 Å². The minimum Gasteiger partial charge on any atom is -0.343 e. The van der Waals surface area contributed by atoms with Gasteiger partial charge in [-0.25, -0.2) is 0 Å². The minimum atomic E-state index is 0.396. The maximum absolute atomic E-state index is 11.9. The van der Waals surface area contributed by atoms with E-state index in [1.165, 1.54) is 89.9 Å². The first kappa shape index (κ1) is 21.3. The molecule has 0 aliphatic carbocycles. The zero-order valence-electron chi connectivity index (χ0n) is 16.2. The van der Waals surface area contributed by atoms with Gasteiger partial charge in [0.05, 0.1) is 0 Å². The number of carbonyl (C=O) groups excluding carboxylic acids is 1. The number of amides is 1. The van der Waals surface area contributed by atoms with Crippen LogP contribution in [0.3, 0.4) is 0 Å². The Kier molecular flexibility index (Phi) is 13.9. The topological polar surface area (TPSA) is 20.3 Å². The Labute approximate surface area is 151 Å². The Bertz CT molecular complexity index is 318. The number of hydrogen-bond donors (Lipinski definition) is 0. The first-order valence-corrected chi connectivity index (χ1v) is 10.8. The van der Waals surface area contributed by atoms with Crippen molar-refractivity contribution in [3.63, 3.8) is 0 Å². The van der Waals surface area contributed by atoms with Gasteiger partial charge in [0.1, 0.15) is 0 Å². The molecule has 1 saturated heterocycles. The second kappa shape index (κ2) is 15.7. The molecule has 0 radical (unpaired) electrons. The van der Waals surface area contributed by atoms with Crippen molar-refractivity contribution in [2.75, 3.05) is 13.1 Å². The van der Waals surface area contributed by atoms with E-state index in [1.54, 1.807) is 0 Å². The summed E-state index contributed by atoms with van der Waals surface area (Å²) in [6.45, 7) is 4.28. The van der Waals surface area contributed by atoms with Gasteiger partial charge in [0.15, 0.2) is 0 Å². The average Bonchev–Trinajstić information content (AvgIpc) is 3.13. The van der Waals surface area contributed by atoms with E-state index in [9.17, 15) is 4.79 Å². The molecule has 1 amide bonds. The number of allylic oxidation sites excluding steroid dienone is 2. The summed E-state index contributed by atoms with van der Waals surface area (Å²) in [7, 11) is 0. The predicted octanol–water partition coefficient (Wildman–Crippen LogP) is 6.65. The van der Waals surface area contributed by atoms with Crippen LogP contribution < -0.4 is 0 Å². The Morgan fingerprint density at radius 1 is 0.750 bits per heavy atom. The van der Waals surface area contributed by atoms with Gasteiger partial charge in [-0.3, -0.25) is 4.79 Å². The summed E-state index contributed by atoms with van der Waals surface area (Å²) in [6, 6.07) is 0. The van der Waals surface area contributed by atoms with Gasteiger partial charge < -0.3 is 4.90 Å². The van der Waals surface area contributed by atoms with E-state index in [1.807, 2.05) is 0 Å². The second-order valence-corrected chi connectivity index (χ2v) is 7.42. The zero-order chi connectivity index (χ0) is 17.3. The Hall–Kier alpha value is -0.790. The summed E-state index contributed by atoms with van der Waals surface area (Å²) < 4.78 is 0. The highest BCUT2D eigenvalue weighted by molar-refractivity contribution is 5.76. The quantitative estimate of drug-likeness (QED) is 0.242. The van der Waals surface area contributed by atoms with Gasteiger partial charge >= 0.3 is 0 Å². The van der Waals surface area contributed by atoms with Crippen molar-refractivity contribution in [3.05, 3.63) is 12.2 Å². The van der Waals surface area contributed by atoms with Crippen molar-refractivity contribution in [2.45, 2.75) is 110 Å². The third-order valence-electron chi connectivity index (χ3n) is 5.11. The molecule has 140 valence electrons. The van der Waals surface area contributed by atoms with Gasteiger partial charge in [0.2, 0.25) is 5.91 Å². The molecule has 2 heteroatoms. The van der Waals surface area contributed by atoms with Gasteiger partial charge in [-0.1, -0.05) is 70.4 Å². The molecular weight excluding hydrogens is 294 g/mol. The fourth-order valence-corrected chi connectivity index (χ4v) is 3.47. The number of unbranched alkanes of at least 4 members (excludes halogenated alkanes) is 11. The molecule has 1 aliphatic rings. The summed E-state index contributed by atoms with van der Waals surface area (Å²) in [6.07, 6.45) is 25.0. The highest BCUT2D eigenvalue weighted by Crippen LogP contribution is 2.13. The first-order chi connectivity index (χ1) is 11.8. The van der Waals surface area contributed by atoms with Crippen LogP contribution in [0.1, 0.15) is 110 Å². The molecule has 0 aromatic rings. The molecular formula is C22H41NO. The highest BCUT2D eigenvalue weighted by atomic mass is 16.2. The molecule has 1 fully saturated rings. The summed E-state index contributed by atoms with van der Waals surface area (Å²) in [5.74, 6) is 0.396. The average molecular weight is 336 g/mol. The smallest absolute Gasteiger partial charge is 0.222 e. The van der Waals surface area contributed by atoms with Crippen LogP contribution in [-0.4, -0.2) is 23.9 Å². The van der Waals surface area contributed by atoms with Crippen molar-refractivity contribution >= 4 is 5.91 Å². The third-order valence-corrected chi connectivity index (χ3v) is 5.11. The molecule has 0 N–H and O–H groups in total. The SMILES string of the molecule is CCCCCCCC=CCCCCCCCCC(=O)N1CCCC1. The number of rotatable bonds is 15. The van der Waals surface area contributed by atoms with E-state index >= 15 is 0 Å². The molecule has 0 saturated carbocycles. The zero-order valence-corrected chi connectivity index (χ0v) is 16.2. The van der Waals surface area contributed by atoms with Crippen molar-refractivity contribution in [2.24, 2.45) is 0 Å². The predicted molar refractivity (Wildman–Crippen MR) is 105 cm³/mol. The van der Waals surface area contributed by atoms with Crippen LogP contribution in [0.5, 0.6) is 0 Å². The number of likely N-dealkylation sites (tertiary alicyclic amines) is 1.